The SMILES string of the molecule is Cc1nnc2c(N(C)CC(C)N)nccn12. The van der Waals surface area contributed by atoms with Gasteiger partial charge in [-0.1, -0.05) is 0 Å². The van der Waals surface area contributed by atoms with E-state index in [1.54, 1.807) is 6.20 Å². The van der Waals surface area contributed by atoms with Gasteiger partial charge >= 0.3 is 0 Å². The lowest BCUT2D eigenvalue weighted by atomic mass is 10.3. The number of hydrogen-bond donors (Lipinski definition) is 1. The van der Waals surface area contributed by atoms with Crippen LogP contribution in [0.2, 0.25) is 0 Å². The molecule has 16 heavy (non-hydrogen) atoms. The maximum absolute atomic E-state index is 5.77. The van der Waals surface area contributed by atoms with Gasteiger partial charge < -0.3 is 10.6 Å². The van der Waals surface area contributed by atoms with Gasteiger partial charge in [0, 0.05) is 32.0 Å². The number of anilines is 1. The third-order valence-electron chi connectivity index (χ3n) is 2.40. The predicted molar refractivity (Wildman–Crippen MR) is 62.4 cm³/mol. The van der Waals surface area contributed by atoms with Crippen molar-refractivity contribution in [1.29, 1.82) is 0 Å². The van der Waals surface area contributed by atoms with Crippen molar-refractivity contribution in [3.05, 3.63) is 18.2 Å². The minimum atomic E-state index is 0.0936. The first-order chi connectivity index (χ1) is 7.59. The largest absolute Gasteiger partial charge is 0.355 e. The highest BCUT2D eigenvalue weighted by molar-refractivity contribution is 5.63. The van der Waals surface area contributed by atoms with Crippen molar-refractivity contribution in [1.82, 2.24) is 19.6 Å². The van der Waals surface area contributed by atoms with Gasteiger partial charge in [0.2, 0.25) is 5.65 Å². The third kappa shape index (κ3) is 1.83. The van der Waals surface area contributed by atoms with E-state index in [9.17, 15) is 0 Å². The number of nitrogens with zero attached hydrogens (tertiary/aromatic N) is 5. The summed E-state index contributed by atoms with van der Waals surface area (Å²) in [5.74, 6) is 1.66. The van der Waals surface area contributed by atoms with Crippen molar-refractivity contribution in [2.75, 3.05) is 18.5 Å². The minimum absolute atomic E-state index is 0.0936. The molecule has 2 rings (SSSR count). The Morgan fingerprint density at radius 2 is 2.25 bits per heavy atom. The molecule has 0 aliphatic rings. The summed E-state index contributed by atoms with van der Waals surface area (Å²) in [5, 5.41) is 8.15. The van der Waals surface area contributed by atoms with Gasteiger partial charge in [-0.3, -0.25) is 4.40 Å². The number of aromatic nitrogens is 4. The fourth-order valence-electron chi connectivity index (χ4n) is 1.72. The molecule has 2 aromatic heterocycles. The molecule has 0 amide bonds. The van der Waals surface area contributed by atoms with Gasteiger partial charge in [0.1, 0.15) is 5.82 Å². The molecular formula is C10H16N6. The van der Waals surface area contributed by atoms with E-state index in [0.29, 0.717) is 0 Å². The van der Waals surface area contributed by atoms with Crippen LogP contribution in [0.5, 0.6) is 0 Å². The van der Waals surface area contributed by atoms with Crippen LogP contribution >= 0.6 is 0 Å². The van der Waals surface area contributed by atoms with Gasteiger partial charge in [-0.25, -0.2) is 4.98 Å². The Kier molecular flexibility index (Phi) is 2.74. The molecule has 0 saturated heterocycles. The molecule has 86 valence electrons. The number of nitrogens with two attached hydrogens (primary N) is 1. The topological polar surface area (TPSA) is 72.3 Å². The van der Waals surface area contributed by atoms with Crippen LogP contribution in [0, 0.1) is 6.92 Å². The van der Waals surface area contributed by atoms with Crippen molar-refractivity contribution >= 4 is 11.5 Å². The third-order valence-corrected chi connectivity index (χ3v) is 2.40. The highest BCUT2D eigenvalue weighted by Gasteiger charge is 2.12. The molecule has 0 spiro atoms. The van der Waals surface area contributed by atoms with E-state index < -0.39 is 0 Å². The lowest BCUT2D eigenvalue weighted by Gasteiger charge is -2.20. The van der Waals surface area contributed by atoms with E-state index in [4.69, 9.17) is 5.73 Å². The smallest absolute Gasteiger partial charge is 0.203 e. The molecule has 0 bridgehead atoms. The Morgan fingerprint density at radius 1 is 1.50 bits per heavy atom. The number of fused-ring (bicyclic) bond motifs is 1. The quantitative estimate of drug-likeness (QED) is 0.801. The van der Waals surface area contributed by atoms with Crippen LogP contribution in [0.25, 0.3) is 5.65 Å². The molecule has 0 aliphatic heterocycles. The Bertz CT molecular complexity index is 489. The average molecular weight is 220 g/mol. The maximum Gasteiger partial charge on any atom is 0.203 e. The van der Waals surface area contributed by atoms with Gasteiger partial charge in [0.05, 0.1) is 0 Å². The first kappa shape index (κ1) is 10.8. The van der Waals surface area contributed by atoms with Crippen LogP contribution in [-0.2, 0) is 0 Å². The highest BCUT2D eigenvalue weighted by atomic mass is 15.3. The van der Waals surface area contributed by atoms with Gasteiger partial charge in [0.15, 0.2) is 5.82 Å². The Hall–Kier alpha value is -1.69. The van der Waals surface area contributed by atoms with Crippen LogP contribution < -0.4 is 10.6 Å². The van der Waals surface area contributed by atoms with Crippen LogP contribution in [0.4, 0.5) is 5.82 Å². The summed E-state index contributed by atoms with van der Waals surface area (Å²) in [6.07, 6.45) is 3.60. The summed E-state index contributed by atoms with van der Waals surface area (Å²) in [5.41, 5.74) is 6.53. The van der Waals surface area contributed by atoms with Crippen molar-refractivity contribution in [2.45, 2.75) is 19.9 Å². The van der Waals surface area contributed by atoms with E-state index >= 15 is 0 Å². The lowest BCUT2D eigenvalue weighted by Crippen LogP contribution is -2.33. The predicted octanol–water partition coefficient (Wildman–Crippen LogP) is 0.216. The Balaban J connectivity index is 2.44. The molecule has 2 N–H and O–H groups in total. The lowest BCUT2D eigenvalue weighted by molar-refractivity contribution is 0.711. The highest BCUT2D eigenvalue weighted by Crippen LogP contribution is 2.15. The van der Waals surface area contributed by atoms with Crippen molar-refractivity contribution in [2.24, 2.45) is 5.73 Å². The summed E-state index contributed by atoms with van der Waals surface area (Å²) < 4.78 is 1.92. The fraction of sp³-hybridized carbons (Fsp3) is 0.500. The maximum atomic E-state index is 5.77. The van der Waals surface area contributed by atoms with Crippen LogP contribution in [-0.4, -0.2) is 39.2 Å². The zero-order valence-electron chi connectivity index (χ0n) is 9.75. The molecule has 6 heteroatoms. The first-order valence-electron chi connectivity index (χ1n) is 5.22. The van der Waals surface area contributed by atoms with Gasteiger partial charge in [-0.2, -0.15) is 0 Å². The summed E-state index contributed by atoms with van der Waals surface area (Å²) in [7, 11) is 1.95. The van der Waals surface area contributed by atoms with Crippen molar-refractivity contribution in [3.8, 4) is 0 Å². The van der Waals surface area contributed by atoms with Gasteiger partial charge in [-0.05, 0) is 13.8 Å². The monoisotopic (exact) mass is 220 g/mol. The molecule has 0 aromatic carbocycles. The van der Waals surface area contributed by atoms with E-state index in [1.807, 2.05) is 36.4 Å². The number of hydrogen-bond acceptors (Lipinski definition) is 5. The number of rotatable bonds is 3. The minimum Gasteiger partial charge on any atom is -0.355 e. The zero-order valence-corrected chi connectivity index (χ0v) is 9.75. The van der Waals surface area contributed by atoms with E-state index in [0.717, 1.165) is 23.8 Å². The van der Waals surface area contributed by atoms with Crippen LogP contribution in [0.1, 0.15) is 12.7 Å². The molecule has 0 fully saturated rings. The van der Waals surface area contributed by atoms with Gasteiger partial charge in [-0.15, -0.1) is 10.2 Å². The first-order valence-corrected chi connectivity index (χ1v) is 5.22. The van der Waals surface area contributed by atoms with Crippen LogP contribution in [0.3, 0.4) is 0 Å². The summed E-state index contributed by atoms with van der Waals surface area (Å²) in [6.45, 7) is 4.61. The standard InChI is InChI=1S/C10H16N6/c1-7(11)6-15(3)9-10-14-13-8(2)16(10)5-4-12-9/h4-5,7H,6,11H2,1-3H3. The van der Waals surface area contributed by atoms with Crippen LogP contribution in [0.15, 0.2) is 12.4 Å². The summed E-state index contributed by atoms with van der Waals surface area (Å²) >= 11 is 0. The second-order valence-corrected chi connectivity index (χ2v) is 4.05. The zero-order chi connectivity index (χ0) is 11.7. The molecule has 6 nitrogen and oxygen atoms in total. The molecule has 0 saturated carbocycles. The summed E-state index contributed by atoms with van der Waals surface area (Å²) in [4.78, 5) is 6.31. The Morgan fingerprint density at radius 3 is 2.94 bits per heavy atom. The van der Waals surface area contributed by atoms with Crippen molar-refractivity contribution in [3.63, 3.8) is 0 Å². The van der Waals surface area contributed by atoms with E-state index in [-0.39, 0.29) is 6.04 Å². The second kappa shape index (κ2) is 4.05. The molecule has 0 radical (unpaired) electrons. The molecule has 2 aromatic rings. The second-order valence-electron chi connectivity index (χ2n) is 4.05. The number of aryl methyl sites for hydroxylation is 1. The van der Waals surface area contributed by atoms with E-state index in [2.05, 4.69) is 15.2 Å². The van der Waals surface area contributed by atoms with E-state index in [1.165, 1.54) is 0 Å². The fourth-order valence-corrected chi connectivity index (χ4v) is 1.72. The normalized spacial score (nSPS) is 13.0. The van der Waals surface area contributed by atoms with Gasteiger partial charge in [0.25, 0.3) is 0 Å². The average Bonchev–Trinajstić information content (AvgIpc) is 2.59. The molecule has 0 aliphatic carbocycles. The summed E-state index contributed by atoms with van der Waals surface area (Å²) in [6, 6.07) is 0.0936. The molecule has 2 heterocycles. The molecule has 1 unspecified atom stereocenters. The molecular weight excluding hydrogens is 204 g/mol. The number of likely N-dealkylation sites (N-methyl/N-ethyl adjacent to an activating group) is 1. The van der Waals surface area contributed by atoms with Crippen molar-refractivity contribution < 1.29 is 0 Å². The Labute approximate surface area is 94.1 Å². The molecule has 1 atom stereocenters.